The van der Waals surface area contributed by atoms with Crippen molar-refractivity contribution in [3.8, 4) is 6.07 Å². The van der Waals surface area contributed by atoms with Gasteiger partial charge < -0.3 is 4.57 Å². The Morgan fingerprint density at radius 3 is 2.79 bits per heavy atom. The van der Waals surface area contributed by atoms with Gasteiger partial charge in [-0.2, -0.15) is 5.26 Å². The molecule has 0 unspecified atom stereocenters. The summed E-state index contributed by atoms with van der Waals surface area (Å²) in [5, 5.41) is 8.35. The van der Waals surface area contributed by atoms with E-state index in [4.69, 9.17) is 5.26 Å². The molecule has 0 aliphatic carbocycles. The van der Waals surface area contributed by atoms with E-state index >= 15 is 0 Å². The number of nitrogens with zero attached hydrogens (tertiary/aromatic N) is 3. The summed E-state index contributed by atoms with van der Waals surface area (Å²) in [6.07, 6.45) is 9.16. The molecule has 0 aliphatic rings. The van der Waals surface area contributed by atoms with Crippen LogP contribution < -0.4 is 0 Å². The van der Waals surface area contributed by atoms with Crippen LogP contribution >= 0.6 is 0 Å². The van der Waals surface area contributed by atoms with Crippen LogP contribution in [0.25, 0.3) is 0 Å². The first-order chi connectivity index (χ1) is 6.84. The largest absolute Gasteiger partial charge is 0.335 e. The Hall–Kier alpha value is -1.30. The van der Waals surface area contributed by atoms with Crippen molar-refractivity contribution in [2.75, 3.05) is 0 Å². The molecule has 0 fully saturated rings. The lowest BCUT2D eigenvalue weighted by molar-refractivity contribution is 0.566. The monoisotopic (exact) mass is 191 g/mol. The molecule has 0 bridgehead atoms. The highest BCUT2D eigenvalue weighted by Crippen LogP contribution is 2.05. The van der Waals surface area contributed by atoms with Crippen LogP contribution in [0, 0.1) is 18.3 Å². The summed E-state index contributed by atoms with van der Waals surface area (Å²) in [7, 11) is 0. The van der Waals surface area contributed by atoms with Crippen molar-refractivity contribution in [2.24, 2.45) is 0 Å². The van der Waals surface area contributed by atoms with Crippen LogP contribution in [-0.4, -0.2) is 9.55 Å². The standard InChI is InChI=1S/C11H17N3/c1-11-13-8-10-14(11)9-6-4-2-3-5-7-12/h8,10H,2-6,9H2,1H3. The number of nitriles is 1. The van der Waals surface area contributed by atoms with Crippen LogP contribution in [0.3, 0.4) is 0 Å². The number of unbranched alkanes of at least 4 members (excludes halogenated alkanes) is 4. The lowest BCUT2D eigenvalue weighted by Gasteiger charge is -2.03. The Balaban J connectivity index is 2.05. The van der Waals surface area contributed by atoms with Gasteiger partial charge in [0, 0.05) is 25.4 Å². The summed E-state index contributed by atoms with van der Waals surface area (Å²) in [5.41, 5.74) is 0. The van der Waals surface area contributed by atoms with Gasteiger partial charge in [-0.15, -0.1) is 0 Å². The van der Waals surface area contributed by atoms with E-state index in [-0.39, 0.29) is 0 Å². The van der Waals surface area contributed by atoms with Crippen LogP contribution in [0.2, 0.25) is 0 Å². The normalized spacial score (nSPS) is 10.0. The zero-order chi connectivity index (χ0) is 10.2. The van der Waals surface area contributed by atoms with Crippen molar-refractivity contribution in [1.82, 2.24) is 9.55 Å². The van der Waals surface area contributed by atoms with Gasteiger partial charge in [-0.1, -0.05) is 12.8 Å². The smallest absolute Gasteiger partial charge is 0.105 e. The summed E-state index contributed by atoms with van der Waals surface area (Å²) in [6, 6.07) is 2.17. The molecule has 0 radical (unpaired) electrons. The van der Waals surface area contributed by atoms with Crippen molar-refractivity contribution in [3.05, 3.63) is 18.2 Å². The second kappa shape index (κ2) is 6.20. The molecule has 0 saturated heterocycles. The summed E-state index contributed by atoms with van der Waals surface area (Å²) in [4.78, 5) is 4.16. The summed E-state index contributed by atoms with van der Waals surface area (Å²) in [6.45, 7) is 3.08. The average Bonchev–Trinajstić information content (AvgIpc) is 2.58. The van der Waals surface area contributed by atoms with Crippen LogP contribution in [0.15, 0.2) is 12.4 Å². The maximum Gasteiger partial charge on any atom is 0.105 e. The van der Waals surface area contributed by atoms with Gasteiger partial charge >= 0.3 is 0 Å². The molecule has 0 saturated carbocycles. The van der Waals surface area contributed by atoms with Gasteiger partial charge in [-0.05, 0) is 19.8 Å². The molecule has 1 heterocycles. The molecule has 3 nitrogen and oxygen atoms in total. The third-order valence-electron chi connectivity index (χ3n) is 2.36. The molecular formula is C11H17N3. The minimum atomic E-state index is 0.699. The zero-order valence-electron chi connectivity index (χ0n) is 8.74. The van der Waals surface area contributed by atoms with Crippen molar-refractivity contribution in [1.29, 1.82) is 5.26 Å². The van der Waals surface area contributed by atoms with E-state index in [0.29, 0.717) is 6.42 Å². The quantitative estimate of drug-likeness (QED) is 0.649. The predicted molar refractivity (Wildman–Crippen MR) is 55.7 cm³/mol. The first kappa shape index (κ1) is 10.8. The number of hydrogen-bond donors (Lipinski definition) is 0. The van der Waals surface area contributed by atoms with Gasteiger partial charge in [0.15, 0.2) is 0 Å². The van der Waals surface area contributed by atoms with E-state index in [9.17, 15) is 0 Å². The Bertz CT molecular complexity index is 296. The minimum Gasteiger partial charge on any atom is -0.335 e. The first-order valence-electron chi connectivity index (χ1n) is 5.19. The van der Waals surface area contributed by atoms with Crippen LogP contribution in [0.5, 0.6) is 0 Å². The predicted octanol–water partition coefficient (Wildman–Crippen LogP) is 2.67. The molecule has 1 aromatic heterocycles. The van der Waals surface area contributed by atoms with Crippen molar-refractivity contribution in [3.63, 3.8) is 0 Å². The molecule has 0 atom stereocenters. The van der Waals surface area contributed by atoms with E-state index in [1.165, 1.54) is 19.3 Å². The summed E-state index contributed by atoms with van der Waals surface area (Å²) in [5.74, 6) is 1.09. The van der Waals surface area contributed by atoms with Crippen molar-refractivity contribution in [2.45, 2.75) is 45.6 Å². The highest BCUT2D eigenvalue weighted by Gasteiger charge is 1.95. The molecule has 0 aromatic carbocycles. The molecule has 1 rings (SSSR count). The maximum absolute atomic E-state index is 8.35. The minimum absolute atomic E-state index is 0.699. The summed E-state index contributed by atoms with van der Waals surface area (Å²) < 4.78 is 2.17. The van der Waals surface area contributed by atoms with Gasteiger partial charge in [0.25, 0.3) is 0 Å². The van der Waals surface area contributed by atoms with Crippen LogP contribution in [0.1, 0.15) is 37.9 Å². The topological polar surface area (TPSA) is 41.6 Å². The highest BCUT2D eigenvalue weighted by molar-refractivity contribution is 4.87. The zero-order valence-corrected chi connectivity index (χ0v) is 8.74. The SMILES string of the molecule is Cc1nccn1CCCCCCC#N. The fourth-order valence-electron chi connectivity index (χ4n) is 1.48. The van der Waals surface area contributed by atoms with E-state index in [0.717, 1.165) is 18.8 Å². The molecule has 1 aromatic rings. The fourth-order valence-corrected chi connectivity index (χ4v) is 1.48. The van der Waals surface area contributed by atoms with E-state index in [1.54, 1.807) is 0 Å². The van der Waals surface area contributed by atoms with Gasteiger partial charge in [0.1, 0.15) is 5.82 Å². The Morgan fingerprint density at radius 2 is 2.14 bits per heavy atom. The molecule has 14 heavy (non-hydrogen) atoms. The van der Waals surface area contributed by atoms with E-state index in [2.05, 4.69) is 15.6 Å². The molecule has 0 N–H and O–H groups in total. The molecule has 76 valence electrons. The molecule has 0 spiro atoms. The lowest BCUT2D eigenvalue weighted by Crippen LogP contribution is -1.98. The van der Waals surface area contributed by atoms with Crippen molar-refractivity contribution < 1.29 is 0 Å². The molecule has 3 heteroatoms. The number of aromatic nitrogens is 2. The van der Waals surface area contributed by atoms with Crippen LogP contribution in [0.4, 0.5) is 0 Å². The Kier molecular flexibility index (Phi) is 4.77. The third-order valence-corrected chi connectivity index (χ3v) is 2.36. The van der Waals surface area contributed by atoms with Gasteiger partial charge in [0.05, 0.1) is 6.07 Å². The maximum atomic E-state index is 8.35. The van der Waals surface area contributed by atoms with E-state index in [1.807, 2.05) is 19.3 Å². The van der Waals surface area contributed by atoms with E-state index < -0.39 is 0 Å². The number of rotatable bonds is 6. The highest BCUT2D eigenvalue weighted by atomic mass is 15.0. The van der Waals surface area contributed by atoms with Gasteiger partial charge in [-0.3, -0.25) is 0 Å². The Morgan fingerprint density at radius 1 is 1.36 bits per heavy atom. The first-order valence-corrected chi connectivity index (χ1v) is 5.19. The third kappa shape index (κ3) is 3.61. The second-order valence-electron chi connectivity index (χ2n) is 3.49. The lowest BCUT2D eigenvalue weighted by atomic mass is 10.1. The number of hydrogen-bond acceptors (Lipinski definition) is 2. The van der Waals surface area contributed by atoms with Gasteiger partial charge in [-0.25, -0.2) is 4.98 Å². The summed E-state index contributed by atoms with van der Waals surface area (Å²) >= 11 is 0. The Labute approximate surface area is 85.4 Å². The van der Waals surface area contributed by atoms with Crippen molar-refractivity contribution >= 4 is 0 Å². The fraction of sp³-hybridized carbons (Fsp3) is 0.636. The second-order valence-corrected chi connectivity index (χ2v) is 3.49. The van der Waals surface area contributed by atoms with Crippen LogP contribution in [-0.2, 0) is 6.54 Å². The number of aryl methyl sites for hydroxylation is 2. The molecule has 0 amide bonds. The molecule has 0 aliphatic heterocycles. The number of imidazole rings is 1. The molecular weight excluding hydrogens is 174 g/mol. The average molecular weight is 191 g/mol. The van der Waals surface area contributed by atoms with Gasteiger partial charge in [0.2, 0.25) is 0 Å².